The van der Waals surface area contributed by atoms with Crippen molar-refractivity contribution in [3.05, 3.63) is 0 Å². The molecule has 1 fully saturated rings. The fourth-order valence-electron chi connectivity index (χ4n) is 2.71. The number of carbonyl (C=O) groups is 1. The van der Waals surface area contributed by atoms with E-state index in [2.05, 4.69) is 25.7 Å². The van der Waals surface area contributed by atoms with Gasteiger partial charge in [-0.2, -0.15) is 0 Å². The first kappa shape index (κ1) is 14.5. The molecule has 0 aromatic rings. The average molecular weight is 239 g/mol. The predicted molar refractivity (Wildman–Crippen MR) is 72.9 cm³/mol. The smallest absolute Gasteiger partial charge is 0.225 e. The summed E-state index contributed by atoms with van der Waals surface area (Å²) in [5, 5.41) is 0. The van der Waals surface area contributed by atoms with Crippen LogP contribution in [-0.4, -0.2) is 23.9 Å². The molecule has 0 bridgehead atoms. The minimum Gasteiger partial charge on any atom is -0.342 e. The molecule has 0 N–H and O–H groups in total. The van der Waals surface area contributed by atoms with Crippen molar-refractivity contribution >= 4 is 5.91 Å². The van der Waals surface area contributed by atoms with E-state index in [0.717, 1.165) is 19.5 Å². The van der Waals surface area contributed by atoms with Gasteiger partial charge in [0.2, 0.25) is 5.91 Å². The molecule has 1 unspecified atom stereocenters. The third-order valence-electron chi connectivity index (χ3n) is 3.91. The van der Waals surface area contributed by atoms with Crippen molar-refractivity contribution in [1.82, 2.24) is 4.90 Å². The summed E-state index contributed by atoms with van der Waals surface area (Å²) in [6, 6.07) is 0. The molecule has 0 aromatic heterocycles. The van der Waals surface area contributed by atoms with Gasteiger partial charge in [-0.25, -0.2) is 0 Å². The second-order valence-corrected chi connectivity index (χ2v) is 5.73. The van der Waals surface area contributed by atoms with E-state index in [9.17, 15) is 4.79 Å². The number of unbranched alkanes of at least 4 members (excludes halogenated alkanes) is 3. The van der Waals surface area contributed by atoms with E-state index in [1.807, 2.05) is 0 Å². The number of carbonyl (C=O) groups excluding carboxylic acids is 1. The minimum atomic E-state index is 0.268. The molecule has 1 aliphatic heterocycles. The molecule has 17 heavy (non-hydrogen) atoms. The second kappa shape index (κ2) is 7.73. The summed E-state index contributed by atoms with van der Waals surface area (Å²) in [6.45, 7) is 8.61. The van der Waals surface area contributed by atoms with Crippen LogP contribution in [0.2, 0.25) is 0 Å². The average Bonchev–Trinajstić information content (AvgIpc) is 2.81. The molecule has 1 saturated heterocycles. The van der Waals surface area contributed by atoms with Gasteiger partial charge >= 0.3 is 0 Å². The van der Waals surface area contributed by atoms with Gasteiger partial charge in [-0.1, -0.05) is 46.5 Å². The number of amides is 1. The molecule has 0 saturated carbocycles. The van der Waals surface area contributed by atoms with Gasteiger partial charge in [0, 0.05) is 19.0 Å². The largest absolute Gasteiger partial charge is 0.342 e. The van der Waals surface area contributed by atoms with Crippen LogP contribution in [-0.2, 0) is 4.79 Å². The molecule has 0 radical (unpaired) electrons. The Kier molecular flexibility index (Phi) is 6.61. The van der Waals surface area contributed by atoms with E-state index in [4.69, 9.17) is 0 Å². The summed E-state index contributed by atoms with van der Waals surface area (Å²) < 4.78 is 0. The number of hydrogen-bond donors (Lipinski definition) is 0. The van der Waals surface area contributed by atoms with Crippen molar-refractivity contribution in [2.75, 3.05) is 13.1 Å². The maximum atomic E-state index is 12.4. The van der Waals surface area contributed by atoms with Crippen LogP contribution < -0.4 is 0 Å². The van der Waals surface area contributed by atoms with Crippen LogP contribution in [0, 0.1) is 11.8 Å². The van der Waals surface area contributed by atoms with Crippen molar-refractivity contribution in [2.45, 2.75) is 65.7 Å². The Hall–Kier alpha value is -0.530. The Morgan fingerprint density at radius 3 is 2.29 bits per heavy atom. The monoisotopic (exact) mass is 239 g/mol. The van der Waals surface area contributed by atoms with Crippen LogP contribution in [0.15, 0.2) is 0 Å². The van der Waals surface area contributed by atoms with Crippen molar-refractivity contribution in [3.63, 3.8) is 0 Å². The van der Waals surface area contributed by atoms with Gasteiger partial charge < -0.3 is 4.90 Å². The second-order valence-electron chi connectivity index (χ2n) is 5.73. The lowest BCUT2D eigenvalue weighted by Gasteiger charge is -2.25. The molecule has 2 nitrogen and oxygen atoms in total. The molecule has 0 spiro atoms. The lowest BCUT2D eigenvalue weighted by molar-refractivity contribution is -0.136. The fourth-order valence-corrected chi connectivity index (χ4v) is 2.71. The Balaban J connectivity index is 2.38. The minimum absolute atomic E-state index is 0.268. The van der Waals surface area contributed by atoms with Gasteiger partial charge in [0.1, 0.15) is 0 Å². The van der Waals surface area contributed by atoms with Crippen LogP contribution >= 0.6 is 0 Å². The summed E-state index contributed by atoms with van der Waals surface area (Å²) in [7, 11) is 0. The summed E-state index contributed by atoms with van der Waals surface area (Å²) in [6.07, 6.45) is 8.57. The van der Waals surface area contributed by atoms with E-state index in [1.165, 1.54) is 38.5 Å². The van der Waals surface area contributed by atoms with Crippen molar-refractivity contribution in [1.29, 1.82) is 0 Å². The molecule has 1 aliphatic rings. The summed E-state index contributed by atoms with van der Waals surface area (Å²) in [5.74, 6) is 1.18. The highest BCUT2D eigenvalue weighted by Crippen LogP contribution is 2.23. The van der Waals surface area contributed by atoms with Gasteiger partial charge in [-0.05, 0) is 25.2 Å². The lowest BCUT2D eigenvalue weighted by Crippen LogP contribution is -2.36. The zero-order valence-electron chi connectivity index (χ0n) is 11.9. The highest BCUT2D eigenvalue weighted by molar-refractivity contribution is 5.79. The predicted octanol–water partition coefficient (Wildman–Crippen LogP) is 3.85. The molecule has 2 heteroatoms. The molecule has 100 valence electrons. The fraction of sp³-hybridized carbons (Fsp3) is 0.933. The molecule has 1 atom stereocenters. The topological polar surface area (TPSA) is 20.3 Å². The number of rotatable bonds is 7. The molecule has 1 heterocycles. The molecule has 0 aromatic carbocycles. The SMILES string of the molecule is CCCCCCC(C(=O)N1CCCC1)C(C)C. The van der Waals surface area contributed by atoms with Crippen LogP contribution in [0.4, 0.5) is 0 Å². The Morgan fingerprint density at radius 2 is 1.76 bits per heavy atom. The third kappa shape index (κ3) is 4.69. The van der Waals surface area contributed by atoms with Crippen LogP contribution in [0.5, 0.6) is 0 Å². The normalized spacial score (nSPS) is 17.8. The molecule has 0 aliphatic carbocycles. The maximum Gasteiger partial charge on any atom is 0.225 e. The zero-order chi connectivity index (χ0) is 12.7. The number of hydrogen-bond acceptors (Lipinski definition) is 1. The quantitative estimate of drug-likeness (QED) is 0.618. The summed E-state index contributed by atoms with van der Waals surface area (Å²) >= 11 is 0. The van der Waals surface area contributed by atoms with E-state index in [-0.39, 0.29) is 5.92 Å². The molecule has 1 rings (SSSR count). The zero-order valence-corrected chi connectivity index (χ0v) is 11.9. The van der Waals surface area contributed by atoms with E-state index in [0.29, 0.717) is 11.8 Å². The maximum absolute atomic E-state index is 12.4. The van der Waals surface area contributed by atoms with Crippen LogP contribution in [0.25, 0.3) is 0 Å². The third-order valence-corrected chi connectivity index (χ3v) is 3.91. The summed E-state index contributed by atoms with van der Waals surface area (Å²) in [4.78, 5) is 14.5. The number of likely N-dealkylation sites (tertiary alicyclic amines) is 1. The van der Waals surface area contributed by atoms with Crippen LogP contribution in [0.1, 0.15) is 65.7 Å². The first-order valence-corrected chi connectivity index (χ1v) is 7.45. The Labute approximate surface area is 107 Å². The molecular weight excluding hydrogens is 210 g/mol. The van der Waals surface area contributed by atoms with Gasteiger partial charge in [0.15, 0.2) is 0 Å². The van der Waals surface area contributed by atoms with Crippen LogP contribution in [0.3, 0.4) is 0 Å². The first-order chi connectivity index (χ1) is 8.16. The molecule has 1 amide bonds. The summed E-state index contributed by atoms with van der Waals surface area (Å²) in [5.41, 5.74) is 0. The molecular formula is C15H29NO. The number of nitrogens with zero attached hydrogens (tertiary/aromatic N) is 1. The van der Waals surface area contributed by atoms with E-state index < -0.39 is 0 Å². The van der Waals surface area contributed by atoms with E-state index in [1.54, 1.807) is 0 Å². The van der Waals surface area contributed by atoms with Crippen molar-refractivity contribution < 1.29 is 4.79 Å². The van der Waals surface area contributed by atoms with Gasteiger partial charge in [-0.15, -0.1) is 0 Å². The Bertz CT molecular complexity index is 219. The van der Waals surface area contributed by atoms with Gasteiger partial charge in [0.25, 0.3) is 0 Å². The highest BCUT2D eigenvalue weighted by atomic mass is 16.2. The van der Waals surface area contributed by atoms with E-state index >= 15 is 0 Å². The lowest BCUT2D eigenvalue weighted by atomic mass is 9.89. The highest BCUT2D eigenvalue weighted by Gasteiger charge is 2.27. The standard InChI is InChI=1S/C15H29NO/c1-4-5-6-7-10-14(13(2)3)15(17)16-11-8-9-12-16/h13-14H,4-12H2,1-3H3. The van der Waals surface area contributed by atoms with Gasteiger partial charge in [-0.3, -0.25) is 4.79 Å². The van der Waals surface area contributed by atoms with Crippen molar-refractivity contribution in [2.24, 2.45) is 11.8 Å². The van der Waals surface area contributed by atoms with Gasteiger partial charge in [0.05, 0.1) is 0 Å². The van der Waals surface area contributed by atoms with Crippen molar-refractivity contribution in [3.8, 4) is 0 Å². The first-order valence-electron chi connectivity index (χ1n) is 7.45. The Morgan fingerprint density at radius 1 is 1.12 bits per heavy atom.